The Morgan fingerprint density at radius 1 is 0.507 bits per heavy atom. The van der Waals surface area contributed by atoms with Gasteiger partial charge in [0.05, 0.1) is 25.4 Å². The van der Waals surface area contributed by atoms with E-state index in [1.807, 2.05) is 18.2 Å². The molecule has 0 spiro atoms. The van der Waals surface area contributed by atoms with Gasteiger partial charge in [-0.25, -0.2) is 0 Å². The van der Waals surface area contributed by atoms with Crippen molar-refractivity contribution in [1.29, 1.82) is 0 Å². The first-order valence-electron chi connectivity index (χ1n) is 28.0. The van der Waals surface area contributed by atoms with Crippen LogP contribution in [-0.2, 0) is 14.3 Å². The summed E-state index contributed by atoms with van der Waals surface area (Å²) >= 11 is 0. The van der Waals surface area contributed by atoms with Crippen LogP contribution in [0, 0.1) is 0 Å². The Morgan fingerprint density at radius 3 is 1.36 bits per heavy atom. The summed E-state index contributed by atoms with van der Waals surface area (Å²) in [6.07, 6.45) is 63.8. The molecule has 9 heteroatoms. The second-order valence-corrected chi connectivity index (χ2v) is 19.0. The number of hydrogen-bond donors (Lipinski definition) is 6. The van der Waals surface area contributed by atoms with Gasteiger partial charge in [-0.05, 0) is 70.6 Å². The molecule has 0 aromatic heterocycles. The molecule has 1 aliphatic rings. The van der Waals surface area contributed by atoms with Crippen molar-refractivity contribution >= 4 is 5.91 Å². The van der Waals surface area contributed by atoms with Crippen LogP contribution in [0.2, 0.25) is 0 Å². The van der Waals surface area contributed by atoms with E-state index in [4.69, 9.17) is 9.47 Å². The maximum absolute atomic E-state index is 12.9. The minimum Gasteiger partial charge on any atom is -0.394 e. The molecular weight excluding hydrogens is 863 g/mol. The number of ether oxygens (including phenoxy) is 2. The van der Waals surface area contributed by atoms with E-state index in [2.05, 4.69) is 86.0 Å². The molecule has 7 atom stereocenters. The molecule has 0 aromatic carbocycles. The van der Waals surface area contributed by atoms with Gasteiger partial charge in [-0.2, -0.15) is 0 Å². The Bertz CT molecular complexity index is 1400. The molecule has 69 heavy (non-hydrogen) atoms. The molecule has 0 bridgehead atoms. The lowest BCUT2D eigenvalue weighted by Gasteiger charge is -2.40. The molecule has 9 nitrogen and oxygen atoms in total. The summed E-state index contributed by atoms with van der Waals surface area (Å²) in [5, 5.41) is 54.2. The number of carbonyl (C=O) groups excluding carboxylic acids is 1. The van der Waals surface area contributed by atoms with Crippen LogP contribution in [0.25, 0.3) is 0 Å². The minimum atomic E-state index is -1.60. The highest BCUT2D eigenvalue weighted by Gasteiger charge is 2.44. The Morgan fingerprint density at radius 2 is 0.913 bits per heavy atom. The lowest BCUT2D eigenvalue weighted by molar-refractivity contribution is -0.302. The highest BCUT2D eigenvalue weighted by molar-refractivity contribution is 5.77. The number of aliphatic hydroxyl groups is 5. The molecule has 0 aliphatic carbocycles. The number of rotatable bonds is 46. The van der Waals surface area contributed by atoms with Gasteiger partial charge in [0.15, 0.2) is 6.29 Å². The lowest BCUT2D eigenvalue weighted by Crippen LogP contribution is -2.60. The number of amides is 1. The lowest BCUT2D eigenvalue weighted by atomic mass is 9.99. The molecule has 0 aromatic rings. The van der Waals surface area contributed by atoms with Gasteiger partial charge in [-0.3, -0.25) is 4.79 Å². The van der Waals surface area contributed by atoms with Crippen molar-refractivity contribution in [2.75, 3.05) is 13.2 Å². The predicted molar refractivity (Wildman–Crippen MR) is 290 cm³/mol. The molecule has 7 unspecified atom stereocenters. The third-order valence-electron chi connectivity index (χ3n) is 12.6. The van der Waals surface area contributed by atoms with Crippen molar-refractivity contribution in [3.05, 3.63) is 97.2 Å². The average molecular weight is 966 g/mol. The van der Waals surface area contributed by atoms with Crippen LogP contribution >= 0.6 is 0 Å². The summed E-state index contributed by atoms with van der Waals surface area (Å²) in [6.45, 7) is 3.58. The van der Waals surface area contributed by atoms with E-state index in [0.29, 0.717) is 12.8 Å². The quantitative estimate of drug-likeness (QED) is 0.0261. The molecule has 396 valence electrons. The van der Waals surface area contributed by atoms with E-state index in [9.17, 15) is 30.3 Å². The van der Waals surface area contributed by atoms with Gasteiger partial charge in [0.25, 0.3) is 0 Å². The molecule has 1 rings (SSSR count). The smallest absolute Gasteiger partial charge is 0.224 e. The van der Waals surface area contributed by atoms with Crippen molar-refractivity contribution in [1.82, 2.24) is 5.32 Å². The Hall–Kier alpha value is -2.89. The summed E-state index contributed by atoms with van der Waals surface area (Å²) in [5.74, 6) is -0.320. The van der Waals surface area contributed by atoms with E-state index < -0.39 is 49.5 Å². The first-order valence-corrected chi connectivity index (χ1v) is 28.0. The van der Waals surface area contributed by atoms with Crippen molar-refractivity contribution in [3.63, 3.8) is 0 Å². The third-order valence-corrected chi connectivity index (χ3v) is 12.6. The van der Waals surface area contributed by atoms with E-state index in [1.165, 1.54) is 135 Å². The molecule has 1 saturated heterocycles. The summed E-state index contributed by atoms with van der Waals surface area (Å²) in [6, 6.07) is -0.889. The highest BCUT2D eigenvalue weighted by Crippen LogP contribution is 2.23. The number of hydrogen-bond acceptors (Lipinski definition) is 8. The van der Waals surface area contributed by atoms with E-state index >= 15 is 0 Å². The zero-order valence-corrected chi connectivity index (χ0v) is 43.8. The topological polar surface area (TPSA) is 149 Å². The predicted octanol–water partition coefficient (Wildman–Crippen LogP) is 13.6. The van der Waals surface area contributed by atoms with Gasteiger partial charge >= 0.3 is 0 Å². The highest BCUT2D eigenvalue weighted by atomic mass is 16.7. The van der Waals surface area contributed by atoms with Crippen LogP contribution in [0.4, 0.5) is 0 Å². The van der Waals surface area contributed by atoms with Crippen LogP contribution in [0.1, 0.15) is 219 Å². The van der Waals surface area contributed by atoms with Crippen LogP contribution in [0.3, 0.4) is 0 Å². The zero-order valence-electron chi connectivity index (χ0n) is 43.8. The van der Waals surface area contributed by atoms with Crippen molar-refractivity contribution in [3.8, 4) is 0 Å². The Labute approximate surface area is 422 Å². The average Bonchev–Trinajstić information content (AvgIpc) is 3.35. The maximum atomic E-state index is 12.9. The molecule has 1 heterocycles. The van der Waals surface area contributed by atoms with Gasteiger partial charge in [0, 0.05) is 6.42 Å². The maximum Gasteiger partial charge on any atom is 0.224 e. The van der Waals surface area contributed by atoms with Gasteiger partial charge in [-0.1, -0.05) is 239 Å². The van der Waals surface area contributed by atoms with Crippen molar-refractivity contribution < 1.29 is 39.8 Å². The molecule has 1 amide bonds. The van der Waals surface area contributed by atoms with Gasteiger partial charge in [0.2, 0.25) is 5.91 Å². The molecule has 1 fully saturated rings. The Balaban J connectivity index is 2.27. The standard InChI is InChI=1S/C60H103NO8/c1-3-5-7-9-11-13-15-17-19-20-21-22-23-24-25-26-27-28-29-30-31-32-33-34-36-37-39-41-43-45-47-49-54(63)53(52-68-60-59(67)58(66)57(65)55(51-62)69-60)61-56(64)50-48-46-44-42-40-38-35-18-16-14-12-10-8-6-4-2/h6,8,12,14,18,33-35,39-42,46-49,53-55,57-60,62-63,65-67H,3-5,7,9-11,13,15-17,19-32,36-38,43-45,50-52H2,1-2H3,(H,61,64)/b8-6-,14-12-,34-33+,35-18-,41-39+,42-40-,48-46-,49-47+. The second kappa shape index (κ2) is 48.7. The van der Waals surface area contributed by atoms with Gasteiger partial charge in [0.1, 0.15) is 24.4 Å². The fourth-order valence-electron chi connectivity index (χ4n) is 8.26. The first kappa shape index (κ1) is 64.1. The van der Waals surface area contributed by atoms with Gasteiger partial charge < -0.3 is 40.3 Å². The first-order chi connectivity index (χ1) is 33.8. The van der Waals surface area contributed by atoms with Crippen molar-refractivity contribution in [2.45, 2.75) is 262 Å². The van der Waals surface area contributed by atoms with Crippen molar-refractivity contribution in [2.24, 2.45) is 0 Å². The number of nitrogens with one attached hydrogen (secondary N) is 1. The fourth-order valence-corrected chi connectivity index (χ4v) is 8.26. The normalized spacial score (nSPS) is 20.2. The summed E-state index contributed by atoms with van der Waals surface area (Å²) in [7, 11) is 0. The minimum absolute atomic E-state index is 0.0974. The summed E-state index contributed by atoms with van der Waals surface area (Å²) in [4.78, 5) is 12.9. The van der Waals surface area contributed by atoms with Crippen LogP contribution < -0.4 is 5.32 Å². The third kappa shape index (κ3) is 38.5. The van der Waals surface area contributed by atoms with E-state index in [-0.39, 0.29) is 18.9 Å². The number of aliphatic hydroxyl groups excluding tert-OH is 5. The number of unbranched alkanes of at least 4 members (excludes halogenated alkanes) is 23. The molecule has 0 saturated carbocycles. The molecular formula is C60H103NO8. The molecule has 0 radical (unpaired) electrons. The molecule has 6 N–H and O–H groups in total. The summed E-state index contributed by atoms with van der Waals surface area (Å²) in [5.41, 5.74) is 0. The number of allylic oxidation sites excluding steroid dienone is 14. The second-order valence-electron chi connectivity index (χ2n) is 19.0. The Kier molecular flexibility index (Phi) is 45.3. The fraction of sp³-hybridized carbons (Fsp3) is 0.717. The summed E-state index contributed by atoms with van der Waals surface area (Å²) < 4.78 is 11.2. The van der Waals surface area contributed by atoms with E-state index in [1.54, 1.807) is 12.2 Å². The largest absolute Gasteiger partial charge is 0.394 e. The SMILES string of the molecule is CC/C=C\C/C=C\C/C=C\C/C=C\C/C=C\CC(=O)NC(COC1OC(CO)C(O)C(O)C1O)C(O)/C=C/CC/C=C/CC/C=C/CCCCCCCCCCCCCCCCCCCCCCC. The van der Waals surface area contributed by atoms with Gasteiger partial charge in [-0.15, -0.1) is 0 Å². The van der Waals surface area contributed by atoms with Crippen LogP contribution in [-0.4, -0.2) is 87.5 Å². The van der Waals surface area contributed by atoms with E-state index in [0.717, 1.165) is 51.4 Å². The molecule has 1 aliphatic heterocycles. The monoisotopic (exact) mass is 966 g/mol. The number of carbonyl (C=O) groups is 1. The van der Waals surface area contributed by atoms with Crippen LogP contribution in [0.5, 0.6) is 0 Å². The zero-order chi connectivity index (χ0) is 50.1. The van der Waals surface area contributed by atoms with Crippen LogP contribution in [0.15, 0.2) is 97.2 Å².